The van der Waals surface area contributed by atoms with Gasteiger partial charge in [0.2, 0.25) is 0 Å². The highest BCUT2D eigenvalue weighted by Crippen LogP contribution is 2.41. The number of rotatable bonds is 3. The predicted octanol–water partition coefficient (Wildman–Crippen LogP) is 4.51. The van der Waals surface area contributed by atoms with E-state index in [9.17, 15) is 10.1 Å². The summed E-state index contributed by atoms with van der Waals surface area (Å²) < 4.78 is 0. The zero-order chi connectivity index (χ0) is 14.1. The number of anilines is 1. The van der Waals surface area contributed by atoms with E-state index in [0.29, 0.717) is 10.7 Å². The van der Waals surface area contributed by atoms with Crippen LogP contribution in [-0.4, -0.2) is 10.7 Å². The summed E-state index contributed by atoms with van der Waals surface area (Å²) in [5.74, 6) is 0.860. The molecule has 20 heavy (non-hydrogen) atoms. The first-order valence-corrected chi connectivity index (χ1v) is 7.44. The van der Waals surface area contributed by atoms with Crippen LogP contribution < -0.4 is 5.32 Å². The van der Waals surface area contributed by atoms with Gasteiger partial charge in [-0.25, -0.2) is 0 Å². The van der Waals surface area contributed by atoms with Gasteiger partial charge in [-0.1, -0.05) is 29.8 Å². The number of fused-ring (bicyclic) bond motifs is 1. The number of nitro benzene ring substituents is 1. The molecule has 0 saturated carbocycles. The summed E-state index contributed by atoms with van der Waals surface area (Å²) in [4.78, 5) is 11.9. The predicted molar refractivity (Wildman–Crippen MR) is 81.6 cm³/mol. The number of halogens is 1. The number of hydrogen-bond donors (Lipinski definition) is 1. The van der Waals surface area contributed by atoms with Crippen LogP contribution in [0.4, 0.5) is 11.4 Å². The van der Waals surface area contributed by atoms with Gasteiger partial charge >= 0.3 is 0 Å². The molecule has 4 nitrogen and oxygen atoms in total. The maximum absolute atomic E-state index is 11.1. The van der Waals surface area contributed by atoms with Crippen molar-refractivity contribution in [2.75, 3.05) is 11.1 Å². The molecule has 0 bridgehead atoms. The molecule has 0 saturated heterocycles. The molecule has 0 radical (unpaired) electrons. The fraction of sp³-hybridized carbons (Fsp3) is 0.143. The summed E-state index contributed by atoms with van der Waals surface area (Å²) in [6, 6.07) is 12.9. The molecule has 1 heterocycles. The maximum Gasteiger partial charge on any atom is 0.293 e. The van der Waals surface area contributed by atoms with Crippen molar-refractivity contribution in [1.29, 1.82) is 0 Å². The van der Waals surface area contributed by atoms with Crippen LogP contribution in [-0.2, 0) is 0 Å². The second kappa shape index (κ2) is 5.34. The van der Waals surface area contributed by atoms with Crippen molar-refractivity contribution in [1.82, 2.24) is 0 Å². The maximum atomic E-state index is 11.1. The number of nitrogens with zero attached hydrogens (tertiary/aromatic N) is 1. The van der Waals surface area contributed by atoms with E-state index in [4.69, 9.17) is 11.6 Å². The second-order valence-electron chi connectivity index (χ2n) is 4.46. The van der Waals surface area contributed by atoms with E-state index < -0.39 is 4.92 Å². The van der Waals surface area contributed by atoms with Crippen molar-refractivity contribution in [3.05, 3.63) is 63.2 Å². The molecule has 1 N–H and O–H groups in total. The summed E-state index contributed by atoms with van der Waals surface area (Å²) >= 11 is 7.58. The van der Waals surface area contributed by atoms with Gasteiger partial charge in [-0.15, -0.1) is 11.8 Å². The van der Waals surface area contributed by atoms with Gasteiger partial charge in [0.25, 0.3) is 5.69 Å². The number of thioether (sulfide) groups is 1. The Balaban J connectivity index is 1.92. The monoisotopic (exact) mass is 306 g/mol. The lowest BCUT2D eigenvalue weighted by Crippen LogP contribution is -2.11. The van der Waals surface area contributed by atoms with Gasteiger partial charge in [0.1, 0.15) is 5.69 Å². The standard InChI is InChI=1S/C14H11ClN2O2S/c15-9-5-6-11(13(7-9)17(18)19)16-12-8-20-14-4-2-1-3-10(12)14/h1-7,12,16H,8H2. The SMILES string of the molecule is O=[N+]([O-])c1cc(Cl)ccc1NC1CSc2ccccc21. The Morgan fingerprint density at radius 2 is 2.10 bits per heavy atom. The Labute approximate surface area is 125 Å². The van der Waals surface area contributed by atoms with Crippen molar-refractivity contribution >= 4 is 34.7 Å². The molecule has 102 valence electrons. The molecule has 6 heteroatoms. The van der Waals surface area contributed by atoms with Gasteiger partial charge in [0.15, 0.2) is 0 Å². The van der Waals surface area contributed by atoms with Crippen LogP contribution in [0.3, 0.4) is 0 Å². The number of hydrogen-bond acceptors (Lipinski definition) is 4. The molecule has 0 aliphatic carbocycles. The number of nitrogens with one attached hydrogen (secondary N) is 1. The Bertz CT molecular complexity index is 678. The minimum Gasteiger partial charge on any atom is -0.372 e. The van der Waals surface area contributed by atoms with Gasteiger partial charge in [-0.05, 0) is 23.8 Å². The zero-order valence-corrected chi connectivity index (χ0v) is 11.9. The van der Waals surface area contributed by atoms with Gasteiger partial charge in [0, 0.05) is 21.7 Å². The summed E-state index contributed by atoms with van der Waals surface area (Å²) in [5.41, 5.74) is 1.69. The first-order valence-electron chi connectivity index (χ1n) is 6.07. The Morgan fingerprint density at radius 3 is 2.90 bits per heavy atom. The molecule has 0 fully saturated rings. The van der Waals surface area contributed by atoms with Crippen molar-refractivity contribution in [2.45, 2.75) is 10.9 Å². The normalized spacial score (nSPS) is 16.8. The Hall–Kier alpha value is -1.72. The summed E-state index contributed by atoms with van der Waals surface area (Å²) in [5, 5.41) is 14.7. The van der Waals surface area contributed by atoms with E-state index in [0.717, 1.165) is 5.75 Å². The van der Waals surface area contributed by atoms with Crippen LogP contribution in [0.15, 0.2) is 47.4 Å². The number of benzene rings is 2. The lowest BCUT2D eigenvalue weighted by molar-refractivity contribution is -0.384. The van der Waals surface area contributed by atoms with E-state index in [1.807, 2.05) is 12.1 Å². The van der Waals surface area contributed by atoms with Crippen molar-refractivity contribution in [3.8, 4) is 0 Å². The fourth-order valence-corrected chi connectivity index (χ4v) is 3.57. The van der Waals surface area contributed by atoms with Crippen molar-refractivity contribution < 1.29 is 4.92 Å². The highest BCUT2D eigenvalue weighted by molar-refractivity contribution is 7.99. The van der Waals surface area contributed by atoms with Gasteiger partial charge in [-0.2, -0.15) is 0 Å². The molecule has 2 aromatic carbocycles. The highest BCUT2D eigenvalue weighted by Gasteiger charge is 2.25. The molecule has 1 atom stereocenters. The molecular formula is C14H11ClN2O2S. The minimum atomic E-state index is -0.414. The van der Waals surface area contributed by atoms with Crippen LogP contribution in [0, 0.1) is 10.1 Å². The zero-order valence-electron chi connectivity index (χ0n) is 10.4. The lowest BCUT2D eigenvalue weighted by Gasteiger charge is -2.14. The quantitative estimate of drug-likeness (QED) is 0.669. The van der Waals surface area contributed by atoms with E-state index in [-0.39, 0.29) is 11.7 Å². The van der Waals surface area contributed by atoms with Crippen molar-refractivity contribution in [2.24, 2.45) is 0 Å². The molecule has 0 aromatic heterocycles. The highest BCUT2D eigenvalue weighted by atomic mass is 35.5. The van der Waals surface area contributed by atoms with E-state index in [1.54, 1.807) is 23.9 Å². The number of nitro groups is 1. The molecule has 2 aromatic rings. The molecule has 1 aliphatic rings. The smallest absolute Gasteiger partial charge is 0.293 e. The largest absolute Gasteiger partial charge is 0.372 e. The van der Waals surface area contributed by atoms with E-state index >= 15 is 0 Å². The molecule has 0 amide bonds. The van der Waals surface area contributed by atoms with Crippen molar-refractivity contribution in [3.63, 3.8) is 0 Å². The molecule has 3 rings (SSSR count). The summed E-state index contributed by atoms with van der Waals surface area (Å²) in [6.07, 6.45) is 0. The van der Waals surface area contributed by atoms with Crippen LogP contribution in [0.2, 0.25) is 5.02 Å². The van der Waals surface area contributed by atoms with E-state index in [2.05, 4.69) is 17.4 Å². The first-order chi connectivity index (χ1) is 9.65. The van der Waals surface area contributed by atoms with Crippen LogP contribution in [0.25, 0.3) is 0 Å². The molecule has 0 spiro atoms. The third-order valence-corrected chi connectivity index (χ3v) is 4.60. The Kier molecular flexibility index (Phi) is 3.54. The van der Waals surface area contributed by atoms with Crippen LogP contribution in [0.1, 0.15) is 11.6 Å². The van der Waals surface area contributed by atoms with Crippen LogP contribution in [0.5, 0.6) is 0 Å². The van der Waals surface area contributed by atoms with Gasteiger partial charge in [0.05, 0.1) is 11.0 Å². The first kappa shape index (κ1) is 13.3. The summed E-state index contributed by atoms with van der Waals surface area (Å²) in [6.45, 7) is 0. The third-order valence-electron chi connectivity index (χ3n) is 3.19. The van der Waals surface area contributed by atoms with Gasteiger partial charge in [-0.3, -0.25) is 10.1 Å². The topological polar surface area (TPSA) is 55.2 Å². The van der Waals surface area contributed by atoms with Crippen LogP contribution >= 0.6 is 23.4 Å². The average Bonchev–Trinajstić information content (AvgIpc) is 2.84. The lowest BCUT2D eigenvalue weighted by atomic mass is 10.1. The molecule has 1 aliphatic heterocycles. The Morgan fingerprint density at radius 1 is 1.30 bits per heavy atom. The second-order valence-corrected chi connectivity index (χ2v) is 5.96. The molecular weight excluding hydrogens is 296 g/mol. The fourth-order valence-electron chi connectivity index (χ4n) is 2.25. The summed E-state index contributed by atoms with van der Waals surface area (Å²) in [7, 11) is 0. The third kappa shape index (κ3) is 2.46. The van der Waals surface area contributed by atoms with E-state index in [1.165, 1.54) is 16.5 Å². The molecule has 1 unspecified atom stereocenters. The van der Waals surface area contributed by atoms with Gasteiger partial charge < -0.3 is 5.32 Å². The minimum absolute atomic E-state index is 0.00637. The average molecular weight is 307 g/mol.